The molecule has 11 unspecified atom stereocenters. The van der Waals surface area contributed by atoms with Crippen molar-refractivity contribution in [2.75, 3.05) is 13.6 Å². The van der Waals surface area contributed by atoms with Gasteiger partial charge in [0.15, 0.2) is 5.78 Å². The summed E-state index contributed by atoms with van der Waals surface area (Å²) in [4.78, 5) is 30.0. The van der Waals surface area contributed by atoms with Crippen LogP contribution in [0.3, 0.4) is 0 Å². The first-order valence-electron chi connectivity index (χ1n) is 19.8. The van der Waals surface area contributed by atoms with E-state index in [-0.39, 0.29) is 69.1 Å². The average Bonchev–Trinajstić information content (AvgIpc) is 3.56. The molecule has 8 heteroatoms. The first-order chi connectivity index (χ1) is 23.8. The van der Waals surface area contributed by atoms with E-state index in [1.807, 2.05) is 33.9 Å². The van der Waals surface area contributed by atoms with Gasteiger partial charge in [0.05, 0.1) is 23.2 Å². The molecule has 5 N–H and O–H groups in total. The molecule has 5 bridgehead atoms. The van der Waals surface area contributed by atoms with E-state index in [0.29, 0.717) is 38.8 Å². The van der Waals surface area contributed by atoms with Crippen LogP contribution in [-0.2, 0) is 26.3 Å². The van der Waals surface area contributed by atoms with E-state index in [9.17, 15) is 20.1 Å². The van der Waals surface area contributed by atoms with E-state index < -0.39 is 23.0 Å². The molecule has 1 heterocycles. The van der Waals surface area contributed by atoms with Crippen LogP contribution in [0, 0.1) is 39.4 Å². The number of hydrogen-bond acceptors (Lipinski definition) is 8. The van der Waals surface area contributed by atoms with Crippen LogP contribution in [0.4, 0.5) is 0 Å². The maximum atomic E-state index is 15.5. The molecule has 5 fully saturated rings. The standard InChI is InChI=1S/C43H64N2O6/c1-24(15-31(48)36-39(5,6)51-36)34-29-11-12-33-40(7)23-42(27-16-26(22-44-9)17-28(47)18-27)13-10-14-43(29,20-32(34)49)41(33,8)19-30(45-21-25(2)46)35(40)38(3,4)37(42)50/h16-18,24-25,30-31,33,35-36,44-48H,10-15,19-23H2,1-9H3. The van der Waals surface area contributed by atoms with Crippen molar-refractivity contribution < 1.29 is 29.6 Å². The van der Waals surface area contributed by atoms with Crippen molar-refractivity contribution in [2.24, 2.45) is 39.4 Å². The van der Waals surface area contributed by atoms with Gasteiger partial charge in [-0.1, -0.05) is 52.7 Å². The van der Waals surface area contributed by atoms with Gasteiger partial charge in [0.25, 0.3) is 0 Å². The van der Waals surface area contributed by atoms with Crippen molar-refractivity contribution in [3.05, 3.63) is 40.5 Å². The number of aromatic hydroxyl groups is 1. The predicted octanol–water partition coefficient (Wildman–Crippen LogP) is 6.13. The van der Waals surface area contributed by atoms with Crippen LogP contribution in [0.25, 0.3) is 0 Å². The summed E-state index contributed by atoms with van der Waals surface area (Å²) < 4.78 is 5.81. The van der Waals surface area contributed by atoms with Gasteiger partial charge in [0, 0.05) is 36.4 Å². The van der Waals surface area contributed by atoms with Gasteiger partial charge < -0.3 is 30.7 Å². The number of phenolic OH excluding ortho intramolecular Hbond substituents is 1. The van der Waals surface area contributed by atoms with Crippen LogP contribution < -0.4 is 10.6 Å². The van der Waals surface area contributed by atoms with Gasteiger partial charge >= 0.3 is 0 Å². The summed E-state index contributed by atoms with van der Waals surface area (Å²) in [6.45, 7) is 18.3. The van der Waals surface area contributed by atoms with Crippen LogP contribution in [0.2, 0.25) is 0 Å². The van der Waals surface area contributed by atoms with Crippen LogP contribution in [0.1, 0.15) is 124 Å². The number of aliphatic hydroxyl groups is 2. The molecule has 1 saturated heterocycles. The Morgan fingerprint density at radius 2 is 1.73 bits per heavy atom. The lowest BCUT2D eigenvalue weighted by Gasteiger charge is -2.71. The molecule has 1 aromatic rings. The minimum Gasteiger partial charge on any atom is -0.508 e. The van der Waals surface area contributed by atoms with E-state index in [4.69, 9.17) is 4.74 Å². The van der Waals surface area contributed by atoms with Crippen molar-refractivity contribution in [1.29, 1.82) is 0 Å². The SMILES string of the molecule is CNCc1cc(O)cc(C23CCCC45CC(=O)C(C(C)CC(O)C6OC6(C)C)=C4CCC4C(C)(C2)C(C(NCC(C)O)CC45C)C(C)(C)C3=O)c1. The van der Waals surface area contributed by atoms with Crippen molar-refractivity contribution in [2.45, 2.75) is 155 Å². The normalized spacial score (nSPS) is 41.0. The van der Waals surface area contributed by atoms with Gasteiger partial charge in [-0.05, 0) is 130 Å². The Labute approximate surface area is 305 Å². The number of benzene rings is 1. The summed E-state index contributed by atoms with van der Waals surface area (Å²) in [7, 11) is 1.90. The fourth-order valence-electron chi connectivity index (χ4n) is 14.0. The van der Waals surface area contributed by atoms with Crippen LogP contribution in [0.15, 0.2) is 29.3 Å². The van der Waals surface area contributed by atoms with E-state index in [0.717, 1.165) is 48.8 Å². The summed E-state index contributed by atoms with van der Waals surface area (Å²) in [5.74, 6) is 0.920. The third-order valence-corrected chi connectivity index (χ3v) is 15.5. The zero-order valence-electron chi connectivity index (χ0n) is 32.6. The van der Waals surface area contributed by atoms with Crippen LogP contribution in [0.5, 0.6) is 5.75 Å². The number of rotatable bonds is 10. The number of allylic oxidation sites excluding steroid dienone is 2. The Kier molecular flexibility index (Phi) is 8.91. The van der Waals surface area contributed by atoms with Gasteiger partial charge in [0.1, 0.15) is 17.6 Å². The van der Waals surface area contributed by atoms with E-state index >= 15 is 4.79 Å². The minimum atomic E-state index is -0.777. The number of carbonyl (C=O) groups is 2. The van der Waals surface area contributed by atoms with Gasteiger partial charge in [-0.25, -0.2) is 0 Å². The van der Waals surface area contributed by atoms with Gasteiger partial charge in [0.2, 0.25) is 0 Å². The molecule has 6 aliphatic rings. The molecule has 0 amide bonds. The molecular weight excluding hydrogens is 640 g/mol. The number of carbonyl (C=O) groups excluding carboxylic acids is 2. The molecule has 0 aromatic heterocycles. The number of phenols is 1. The van der Waals surface area contributed by atoms with Gasteiger partial charge in [-0.2, -0.15) is 0 Å². The third-order valence-electron chi connectivity index (χ3n) is 15.5. The Morgan fingerprint density at radius 3 is 2.37 bits per heavy atom. The second kappa shape index (κ2) is 12.2. The number of ether oxygens (including phenoxy) is 1. The molecule has 11 atom stereocenters. The molecular formula is C43H64N2O6. The molecule has 4 saturated carbocycles. The quantitative estimate of drug-likeness (QED) is 0.184. The molecule has 1 spiro atoms. The molecule has 5 aliphatic carbocycles. The second-order valence-corrected chi connectivity index (χ2v) is 19.6. The number of aliphatic hydroxyl groups excluding tert-OH is 2. The topological polar surface area (TPSA) is 131 Å². The van der Waals surface area contributed by atoms with Crippen molar-refractivity contribution in [3.63, 3.8) is 0 Å². The highest BCUT2D eigenvalue weighted by molar-refractivity contribution is 6.01. The molecule has 1 aromatic carbocycles. The zero-order chi connectivity index (χ0) is 37.1. The average molecular weight is 705 g/mol. The Morgan fingerprint density at radius 1 is 1.02 bits per heavy atom. The summed E-state index contributed by atoms with van der Waals surface area (Å²) in [5.41, 5.74) is 1.57. The van der Waals surface area contributed by atoms with Crippen LogP contribution in [-0.4, -0.2) is 70.4 Å². The molecule has 7 rings (SSSR count). The summed E-state index contributed by atoms with van der Waals surface area (Å²) in [6, 6.07) is 5.78. The first-order valence-corrected chi connectivity index (χ1v) is 19.8. The highest BCUT2D eigenvalue weighted by Crippen LogP contribution is 2.77. The number of nitrogens with one attached hydrogen (secondary N) is 2. The number of hydrogen-bond donors (Lipinski definition) is 5. The fraction of sp³-hybridized carbons (Fsp3) is 0.767. The zero-order valence-corrected chi connectivity index (χ0v) is 32.6. The summed E-state index contributed by atoms with van der Waals surface area (Å²) >= 11 is 0. The van der Waals surface area contributed by atoms with E-state index in [1.165, 1.54) is 5.57 Å². The van der Waals surface area contributed by atoms with E-state index in [1.54, 1.807) is 6.07 Å². The summed E-state index contributed by atoms with van der Waals surface area (Å²) in [5, 5.41) is 39.9. The Hall–Kier alpha value is -2.10. The van der Waals surface area contributed by atoms with Gasteiger partial charge in [-0.15, -0.1) is 0 Å². The predicted molar refractivity (Wildman–Crippen MR) is 198 cm³/mol. The molecule has 8 nitrogen and oxygen atoms in total. The fourth-order valence-corrected chi connectivity index (χ4v) is 14.0. The largest absolute Gasteiger partial charge is 0.508 e. The lowest BCUT2D eigenvalue weighted by atomic mass is 9.33. The van der Waals surface area contributed by atoms with Crippen molar-refractivity contribution in [3.8, 4) is 5.75 Å². The smallest absolute Gasteiger partial charge is 0.160 e. The number of Topliss-reactive ketones (excluding diaryl/α,β-unsaturated/α-hetero) is 2. The van der Waals surface area contributed by atoms with Crippen molar-refractivity contribution >= 4 is 11.6 Å². The maximum Gasteiger partial charge on any atom is 0.160 e. The van der Waals surface area contributed by atoms with Crippen LogP contribution >= 0.6 is 0 Å². The molecule has 51 heavy (non-hydrogen) atoms. The molecule has 0 radical (unpaired) electrons. The Bertz CT molecular complexity index is 1630. The lowest BCUT2D eigenvalue weighted by molar-refractivity contribution is -0.201. The number of ketones is 2. The minimum absolute atomic E-state index is 0.0196. The summed E-state index contributed by atoms with van der Waals surface area (Å²) in [6.07, 6.45) is 5.35. The number of epoxide rings is 1. The molecule has 1 aliphatic heterocycles. The third kappa shape index (κ3) is 5.38. The number of fused-ring (bicyclic) bond motifs is 1. The van der Waals surface area contributed by atoms with E-state index in [2.05, 4.69) is 51.3 Å². The van der Waals surface area contributed by atoms with Gasteiger partial charge in [-0.3, -0.25) is 9.59 Å². The molecule has 282 valence electrons. The second-order valence-electron chi connectivity index (χ2n) is 19.6. The highest BCUT2D eigenvalue weighted by Gasteiger charge is 2.74. The highest BCUT2D eigenvalue weighted by atomic mass is 16.6. The Balaban J connectivity index is 1.40. The monoisotopic (exact) mass is 704 g/mol. The van der Waals surface area contributed by atoms with Crippen molar-refractivity contribution in [1.82, 2.24) is 10.6 Å². The lowest BCUT2D eigenvalue weighted by Crippen LogP contribution is -2.72. The maximum absolute atomic E-state index is 15.5. The first kappa shape index (κ1) is 37.2.